The number of nitrogens with zero attached hydrogens (tertiary/aromatic N) is 2. The summed E-state index contributed by atoms with van der Waals surface area (Å²) in [6.45, 7) is 7.31. The molecule has 0 fully saturated rings. The normalized spacial score (nSPS) is 12.0. The highest BCUT2D eigenvalue weighted by Crippen LogP contribution is 2.36. The molecule has 20 heteroatoms. The third-order valence-electron chi connectivity index (χ3n) is 12.2. The number of carbonyl (C=O) groups is 4. The molecule has 0 unspecified atom stereocenters. The summed E-state index contributed by atoms with van der Waals surface area (Å²) >= 11 is 11.9. The quantitative estimate of drug-likeness (QED) is 0.0501. The average Bonchev–Trinajstić information content (AvgIpc) is 3.99. The number of fused-ring (bicyclic) bond motifs is 2. The van der Waals surface area contributed by atoms with Gasteiger partial charge in [0, 0.05) is 68.6 Å². The van der Waals surface area contributed by atoms with Crippen LogP contribution in [0.15, 0.2) is 133 Å². The summed E-state index contributed by atoms with van der Waals surface area (Å²) in [5.41, 5.74) is 4.73. The Balaban J connectivity index is 0.000000284. The smallest absolute Gasteiger partial charge is 0.479 e. The number of carboxylic acids is 1. The lowest BCUT2D eigenvalue weighted by Crippen LogP contribution is -2.27. The first kappa shape index (κ1) is 61.9. The molecular weight excluding hydrogens is 1080 g/mol. The number of halogens is 8. The van der Waals surface area contributed by atoms with Crippen molar-refractivity contribution >= 4 is 68.5 Å². The number of carboxylic acid groups (broad SMARTS) is 1. The van der Waals surface area contributed by atoms with Crippen LogP contribution in [0.5, 0.6) is 23.0 Å². The Morgan fingerprint density at radius 1 is 0.544 bits per heavy atom. The lowest BCUT2D eigenvalue weighted by molar-refractivity contribution is -0.275. The molecular formula is C59H56Cl2F6N2O10. The minimum Gasteiger partial charge on any atom is -0.479 e. The number of aliphatic carboxylic acids is 1. The number of rotatable bonds is 18. The Hall–Kier alpha value is -7.96. The maximum absolute atomic E-state index is 13.5. The van der Waals surface area contributed by atoms with Crippen molar-refractivity contribution in [1.82, 2.24) is 9.13 Å². The fraction of sp³-hybridized carbons (Fsp3) is 0.254. The van der Waals surface area contributed by atoms with Crippen LogP contribution in [0.2, 0.25) is 10.0 Å². The molecule has 0 aliphatic heterocycles. The first-order valence-corrected chi connectivity index (χ1v) is 24.4. The van der Waals surface area contributed by atoms with Crippen molar-refractivity contribution in [1.29, 1.82) is 0 Å². The number of ether oxygens (including phenoxy) is 5. The third kappa shape index (κ3) is 15.2. The molecule has 418 valence electrons. The number of aromatic nitrogens is 2. The molecule has 0 spiro atoms. The van der Waals surface area contributed by atoms with Gasteiger partial charge >= 0.3 is 24.7 Å². The van der Waals surface area contributed by atoms with Crippen molar-refractivity contribution in [2.45, 2.75) is 93.4 Å². The van der Waals surface area contributed by atoms with Crippen LogP contribution in [0.4, 0.5) is 26.3 Å². The molecule has 8 rings (SSSR count). The summed E-state index contributed by atoms with van der Waals surface area (Å²) in [6.07, 6.45) is -10.9. The Bertz CT molecular complexity index is 3460. The molecule has 0 aliphatic rings. The second kappa shape index (κ2) is 26.1. The standard InChI is InChI=1S/C29H25ClF3NO5.C28H23ClF3NO5.2CH4/c1-4-25(28(36)37-3)38-21-7-5-6-18(14-21)16-34-17(2)26(27(35)19-8-10-20(30)11-9-19)23-13-12-22(15-24(23)34)39-29(31,32)33;1-3-24(27(35)36)37-20-6-4-5-17(13-20)15-33-16(2)25(26(34)18-7-9-19(29)10-8-18)22-12-11-21(14-23(22)33)38-28(30,31)32;;/h5-15,25H,4,16H2,1-3H3;4-14,24H,3,15H2,1-2H3,(H,35,36);2*1H4/t25-;24-;;/m11../s1. The van der Waals surface area contributed by atoms with E-state index >= 15 is 0 Å². The zero-order valence-electron chi connectivity index (χ0n) is 41.7. The Morgan fingerprint density at radius 3 is 1.27 bits per heavy atom. The molecule has 6 aromatic carbocycles. The third-order valence-corrected chi connectivity index (χ3v) is 12.7. The SMILES string of the molecule is C.C.CC[C@@H](Oc1cccc(Cn2c(C)c(C(=O)c3ccc(Cl)cc3)c3ccc(OC(F)(F)F)cc32)c1)C(=O)O.CC[C@@H](Oc1cccc(Cn2c(C)c(C(=O)c3ccc(Cl)cc3)c3ccc(OC(F)(F)F)cc32)c1)C(=O)OC. The number of alkyl halides is 6. The Kier molecular flexibility index (Phi) is 20.5. The molecule has 0 radical (unpaired) electrons. The molecule has 2 heterocycles. The number of methoxy groups -OCH3 is 1. The number of benzene rings is 6. The molecule has 0 aliphatic carbocycles. The predicted octanol–water partition coefficient (Wildman–Crippen LogP) is 15.4. The van der Waals surface area contributed by atoms with Crippen molar-refractivity contribution in [3.8, 4) is 23.0 Å². The second-order valence-corrected chi connectivity index (χ2v) is 18.3. The van der Waals surface area contributed by atoms with Gasteiger partial charge in [0.2, 0.25) is 0 Å². The molecule has 79 heavy (non-hydrogen) atoms. The maximum Gasteiger partial charge on any atom is 0.573 e. The van der Waals surface area contributed by atoms with Gasteiger partial charge in [0.05, 0.1) is 29.3 Å². The van der Waals surface area contributed by atoms with E-state index in [2.05, 4.69) is 9.47 Å². The monoisotopic (exact) mass is 1140 g/mol. The van der Waals surface area contributed by atoms with Gasteiger partial charge in [0.15, 0.2) is 23.8 Å². The number of esters is 1. The Labute approximate surface area is 461 Å². The summed E-state index contributed by atoms with van der Waals surface area (Å²) in [7, 11) is 1.28. The molecule has 2 aromatic heterocycles. The van der Waals surface area contributed by atoms with E-state index in [0.717, 1.165) is 5.56 Å². The zero-order chi connectivity index (χ0) is 55.9. The first-order valence-electron chi connectivity index (χ1n) is 23.7. The van der Waals surface area contributed by atoms with Crippen molar-refractivity contribution in [2.75, 3.05) is 7.11 Å². The van der Waals surface area contributed by atoms with Crippen LogP contribution in [0.3, 0.4) is 0 Å². The van der Waals surface area contributed by atoms with Crippen LogP contribution in [0, 0.1) is 13.8 Å². The average molecular weight is 1140 g/mol. The highest BCUT2D eigenvalue weighted by Gasteiger charge is 2.33. The van der Waals surface area contributed by atoms with Crippen LogP contribution >= 0.6 is 23.2 Å². The fourth-order valence-corrected chi connectivity index (χ4v) is 8.90. The molecule has 0 bridgehead atoms. The molecule has 0 saturated heterocycles. The van der Waals surface area contributed by atoms with Crippen LogP contribution in [0.1, 0.15) is 95.9 Å². The minimum absolute atomic E-state index is 0. The number of carbonyl (C=O) groups excluding carboxylic acids is 3. The predicted molar refractivity (Wildman–Crippen MR) is 290 cm³/mol. The number of hydrogen-bond acceptors (Lipinski definition) is 9. The number of ketones is 2. The second-order valence-electron chi connectivity index (χ2n) is 17.4. The lowest BCUT2D eigenvalue weighted by atomic mass is 10.0. The van der Waals surface area contributed by atoms with E-state index in [9.17, 15) is 50.6 Å². The largest absolute Gasteiger partial charge is 0.573 e. The molecule has 1 N–H and O–H groups in total. The summed E-state index contributed by atoms with van der Waals surface area (Å²) in [5, 5.41) is 11.2. The van der Waals surface area contributed by atoms with E-state index in [1.54, 1.807) is 128 Å². The van der Waals surface area contributed by atoms with Gasteiger partial charge in [-0.05, 0) is 135 Å². The summed E-state index contributed by atoms with van der Waals surface area (Å²) in [4.78, 5) is 50.4. The van der Waals surface area contributed by atoms with E-state index in [-0.39, 0.29) is 45.9 Å². The van der Waals surface area contributed by atoms with E-state index < -0.39 is 48.4 Å². The summed E-state index contributed by atoms with van der Waals surface area (Å²) < 4.78 is 106. The van der Waals surface area contributed by atoms with Crippen molar-refractivity contribution < 1.29 is 74.3 Å². The maximum atomic E-state index is 13.5. The van der Waals surface area contributed by atoms with Crippen molar-refractivity contribution in [3.63, 3.8) is 0 Å². The van der Waals surface area contributed by atoms with Gasteiger partial charge < -0.3 is 37.9 Å². The molecule has 12 nitrogen and oxygen atoms in total. The van der Waals surface area contributed by atoms with Crippen LogP contribution in [-0.2, 0) is 27.4 Å². The Morgan fingerprint density at radius 2 is 0.924 bits per heavy atom. The van der Waals surface area contributed by atoms with E-state index in [0.29, 0.717) is 89.0 Å². The van der Waals surface area contributed by atoms with E-state index in [4.69, 9.17) is 37.4 Å². The lowest BCUT2D eigenvalue weighted by Gasteiger charge is -2.16. The van der Waals surface area contributed by atoms with Gasteiger partial charge in [-0.3, -0.25) is 9.59 Å². The van der Waals surface area contributed by atoms with Crippen molar-refractivity contribution in [2.24, 2.45) is 0 Å². The van der Waals surface area contributed by atoms with Gasteiger partial charge in [0.1, 0.15) is 23.0 Å². The zero-order valence-corrected chi connectivity index (χ0v) is 43.2. The molecule has 0 amide bonds. The van der Waals surface area contributed by atoms with Crippen LogP contribution < -0.4 is 18.9 Å². The molecule has 0 saturated carbocycles. The minimum atomic E-state index is -4.88. The summed E-state index contributed by atoms with van der Waals surface area (Å²) in [5.74, 6) is -2.25. The molecule has 2 atom stereocenters. The van der Waals surface area contributed by atoms with Crippen LogP contribution in [-0.4, -0.2) is 69.8 Å². The van der Waals surface area contributed by atoms with Crippen LogP contribution in [0.25, 0.3) is 21.8 Å². The highest BCUT2D eigenvalue weighted by atomic mass is 35.5. The van der Waals surface area contributed by atoms with E-state index in [1.807, 2.05) is 6.07 Å². The molecule has 8 aromatic rings. The van der Waals surface area contributed by atoms with Gasteiger partial charge in [0.25, 0.3) is 0 Å². The number of hydrogen-bond donors (Lipinski definition) is 1. The van der Waals surface area contributed by atoms with Gasteiger partial charge in [-0.15, -0.1) is 26.3 Å². The van der Waals surface area contributed by atoms with Gasteiger partial charge in [-0.25, -0.2) is 9.59 Å². The van der Waals surface area contributed by atoms with Crippen molar-refractivity contribution in [3.05, 3.63) is 188 Å². The fourth-order valence-electron chi connectivity index (χ4n) is 8.65. The highest BCUT2D eigenvalue weighted by molar-refractivity contribution is 6.31. The van der Waals surface area contributed by atoms with Gasteiger partial charge in [-0.2, -0.15) is 0 Å². The first-order chi connectivity index (χ1) is 36.5. The summed E-state index contributed by atoms with van der Waals surface area (Å²) in [6, 6.07) is 34.2. The van der Waals surface area contributed by atoms with E-state index in [1.165, 1.54) is 43.5 Å². The van der Waals surface area contributed by atoms with Gasteiger partial charge in [-0.1, -0.05) is 76.2 Å². The topological polar surface area (TPSA) is 145 Å².